The first-order valence-electron chi connectivity index (χ1n) is 5.39. The predicted molar refractivity (Wildman–Crippen MR) is 58.9 cm³/mol. The summed E-state index contributed by atoms with van der Waals surface area (Å²) in [5.74, 6) is -0.0774. The van der Waals surface area contributed by atoms with Crippen molar-refractivity contribution in [3.05, 3.63) is 0 Å². The van der Waals surface area contributed by atoms with E-state index < -0.39 is 10.3 Å². The molecule has 0 aromatic carbocycles. The highest BCUT2D eigenvalue weighted by atomic mass is 32.2. The molecule has 0 aromatic rings. The zero-order chi connectivity index (χ0) is 12.2. The summed E-state index contributed by atoms with van der Waals surface area (Å²) in [6, 6.07) is 0. The van der Waals surface area contributed by atoms with Gasteiger partial charge < -0.3 is 5.32 Å². The molecule has 0 aliphatic carbocycles. The van der Waals surface area contributed by atoms with Gasteiger partial charge in [0.25, 0.3) is 0 Å². The zero-order valence-electron chi connectivity index (χ0n) is 9.60. The van der Waals surface area contributed by atoms with E-state index in [0.717, 1.165) is 6.42 Å². The number of nitrogens with zero attached hydrogens (tertiary/aromatic N) is 1. The van der Waals surface area contributed by atoms with Crippen LogP contribution in [-0.2, 0) is 19.3 Å². The van der Waals surface area contributed by atoms with Gasteiger partial charge in [-0.15, -0.1) is 0 Å². The molecule has 7 heteroatoms. The van der Waals surface area contributed by atoms with Crippen molar-refractivity contribution < 1.29 is 17.4 Å². The average molecular weight is 250 g/mol. The number of hydrogen-bond donors (Lipinski definition) is 1. The first-order chi connectivity index (χ1) is 7.47. The van der Waals surface area contributed by atoms with Crippen molar-refractivity contribution in [1.29, 1.82) is 0 Å². The van der Waals surface area contributed by atoms with Crippen LogP contribution >= 0.6 is 0 Å². The molecule has 1 rings (SSSR count). The van der Waals surface area contributed by atoms with Crippen LogP contribution in [0.2, 0.25) is 0 Å². The standard InChI is InChI=1S/C9H18N2O4S/c1-3-8(2)9(12)10-4-5-11-6-7-15-16(11,13)14/h8H,3-7H2,1-2H3,(H,10,12). The molecule has 1 aliphatic rings. The van der Waals surface area contributed by atoms with Crippen LogP contribution < -0.4 is 5.32 Å². The Morgan fingerprint density at radius 2 is 2.25 bits per heavy atom. The molecule has 1 aliphatic heterocycles. The van der Waals surface area contributed by atoms with Crippen LogP contribution in [0.4, 0.5) is 0 Å². The number of rotatable bonds is 5. The number of hydrogen-bond acceptors (Lipinski definition) is 4. The fourth-order valence-corrected chi connectivity index (χ4v) is 2.37. The highest BCUT2D eigenvalue weighted by molar-refractivity contribution is 7.84. The minimum absolute atomic E-state index is 0.0357. The maximum absolute atomic E-state index is 11.4. The minimum Gasteiger partial charge on any atom is -0.355 e. The molecule has 0 radical (unpaired) electrons. The van der Waals surface area contributed by atoms with E-state index in [1.54, 1.807) is 0 Å². The molecule has 1 fully saturated rings. The van der Waals surface area contributed by atoms with Gasteiger partial charge in [-0.1, -0.05) is 13.8 Å². The van der Waals surface area contributed by atoms with Gasteiger partial charge in [0.05, 0.1) is 6.61 Å². The molecule has 1 unspecified atom stereocenters. The zero-order valence-corrected chi connectivity index (χ0v) is 10.4. The van der Waals surface area contributed by atoms with E-state index in [-0.39, 0.29) is 25.0 Å². The maximum Gasteiger partial charge on any atom is 0.338 e. The second kappa shape index (κ2) is 5.60. The third kappa shape index (κ3) is 3.43. The van der Waals surface area contributed by atoms with Gasteiger partial charge in [-0.2, -0.15) is 12.7 Å². The van der Waals surface area contributed by atoms with Crippen LogP contribution in [0.5, 0.6) is 0 Å². The number of carbonyl (C=O) groups excluding carboxylic acids is 1. The summed E-state index contributed by atoms with van der Waals surface area (Å²) >= 11 is 0. The van der Waals surface area contributed by atoms with Crippen molar-refractivity contribution in [2.24, 2.45) is 5.92 Å². The third-order valence-corrected chi connectivity index (χ3v) is 4.07. The van der Waals surface area contributed by atoms with Gasteiger partial charge in [0.1, 0.15) is 0 Å². The highest BCUT2D eigenvalue weighted by Crippen LogP contribution is 2.09. The molecule has 1 saturated heterocycles. The Balaban J connectivity index is 2.28. The third-order valence-electron chi connectivity index (χ3n) is 2.61. The molecule has 6 nitrogen and oxygen atoms in total. The van der Waals surface area contributed by atoms with Gasteiger partial charge in [-0.3, -0.25) is 8.98 Å². The van der Waals surface area contributed by atoms with Crippen molar-refractivity contribution in [1.82, 2.24) is 9.62 Å². The van der Waals surface area contributed by atoms with Crippen LogP contribution in [0.3, 0.4) is 0 Å². The van der Waals surface area contributed by atoms with Crippen LogP contribution in [0.1, 0.15) is 20.3 Å². The lowest BCUT2D eigenvalue weighted by molar-refractivity contribution is -0.124. The molecule has 16 heavy (non-hydrogen) atoms. The van der Waals surface area contributed by atoms with E-state index in [9.17, 15) is 13.2 Å². The first-order valence-corrected chi connectivity index (χ1v) is 6.76. The van der Waals surface area contributed by atoms with E-state index in [1.165, 1.54) is 4.31 Å². The molecular weight excluding hydrogens is 232 g/mol. The van der Waals surface area contributed by atoms with Crippen molar-refractivity contribution >= 4 is 16.2 Å². The largest absolute Gasteiger partial charge is 0.355 e. The van der Waals surface area contributed by atoms with Crippen LogP contribution in [-0.4, -0.2) is 44.9 Å². The second-order valence-corrected chi connectivity index (χ2v) is 5.39. The SMILES string of the molecule is CCC(C)C(=O)NCCN1CCOS1(=O)=O. The molecule has 1 amide bonds. The van der Waals surface area contributed by atoms with E-state index in [0.29, 0.717) is 13.1 Å². The van der Waals surface area contributed by atoms with Crippen LogP contribution in [0.25, 0.3) is 0 Å². The molecule has 1 N–H and O–H groups in total. The van der Waals surface area contributed by atoms with Gasteiger partial charge in [0.2, 0.25) is 5.91 Å². The summed E-state index contributed by atoms with van der Waals surface area (Å²) in [6.45, 7) is 4.92. The summed E-state index contributed by atoms with van der Waals surface area (Å²) < 4.78 is 28.2. The second-order valence-electron chi connectivity index (χ2n) is 3.78. The van der Waals surface area contributed by atoms with Gasteiger partial charge in [0, 0.05) is 25.6 Å². The fourth-order valence-electron chi connectivity index (χ4n) is 1.32. The Hall–Kier alpha value is -0.660. The molecule has 94 valence electrons. The van der Waals surface area contributed by atoms with Gasteiger partial charge in [-0.05, 0) is 6.42 Å². The van der Waals surface area contributed by atoms with Crippen molar-refractivity contribution in [2.75, 3.05) is 26.2 Å². The summed E-state index contributed by atoms with van der Waals surface area (Å²) in [5.41, 5.74) is 0. The first kappa shape index (κ1) is 13.4. The van der Waals surface area contributed by atoms with E-state index in [2.05, 4.69) is 9.50 Å². The Bertz CT molecular complexity index is 341. The molecule has 0 aromatic heterocycles. The van der Waals surface area contributed by atoms with Gasteiger partial charge >= 0.3 is 10.3 Å². The number of nitrogens with one attached hydrogen (secondary N) is 1. The van der Waals surface area contributed by atoms with Crippen molar-refractivity contribution in [2.45, 2.75) is 20.3 Å². The van der Waals surface area contributed by atoms with Gasteiger partial charge in [-0.25, -0.2) is 0 Å². The molecule has 0 spiro atoms. The molecular formula is C9H18N2O4S. The lowest BCUT2D eigenvalue weighted by atomic mass is 10.1. The maximum atomic E-state index is 11.4. The van der Waals surface area contributed by atoms with Crippen LogP contribution in [0.15, 0.2) is 0 Å². The number of amides is 1. The highest BCUT2D eigenvalue weighted by Gasteiger charge is 2.28. The topological polar surface area (TPSA) is 75.7 Å². The fraction of sp³-hybridized carbons (Fsp3) is 0.889. The van der Waals surface area contributed by atoms with Crippen molar-refractivity contribution in [3.63, 3.8) is 0 Å². The Morgan fingerprint density at radius 3 is 2.75 bits per heavy atom. The minimum atomic E-state index is -3.53. The molecule has 1 heterocycles. The van der Waals surface area contributed by atoms with Crippen LogP contribution in [0, 0.1) is 5.92 Å². The van der Waals surface area contributed by atoms with E-state index in [1.807, 2.05) is 13.8 Å². The Morgan fingerprint density at radius 1 is 1.56 bits per heavy atom. The Kier molecular flexibility index (Phi) is 4.69. The molecule has 0 bridgehead atoms. The predicted octanol–water partition coefficient (Wildman–Crippen LogP) is -0.274. The molecule has 0 saturated carbocycles. The smallest absolute Gasteiger partial charge is 0.338 e. The van der Waals surface area contributed by atoms with Gasteiger partial charge in [0.15, 0.2) is 0 Å². The lowest BCUT2D eigenvalue weighted by Gasteiger charge is -2.14. The summed E-state index contributed by atoms with van der Waals surface area (Å²) in [7, 11) is -3.53. The summed E-state index contributed by atoms with van der Waals surface area (Å²) in [5, 5.41) is 2.70. The summed E-state index contributed by atoms with van der Waals surface area (Å²) in [4.78, 5) is 11.4. The monoisotopic (exact) mass is 250 g/mol. The molecule has 1 atom stereocenters. The van der Waals surface area contributed by atoms with E-state index in [4.69, 9.17) is 0 Å². The Labute approximate surface area is 96.2 Å². The number of carbonyl (C=O) groups is 1. The summed E-state index contributed by atoms with van der Waals surface area (Å²) in [6.07, 6.45) is 0.775. The normalized spacial score (nSPS) is 21.9. The van der Waals surface area contributed by atoms with E-state index >= 15 is 0 Å². The lowest BCUT2D eigenvalue weighted by Crippen LogP contribution is -2.37. The van der Waals surface area contributed by atoms with Crippen molar-refractivity contribution in [3.8, 4) is 0 Å². The average Bonchev–Trinajstić information content (AvgIpc) is 2.57. The quantitative estimate of drug-likeness (QED) is 0.728.